The van der Waals surface area contributed by atoms with Crippen LogP contribution >= 0.6 is 0 Å². The summed E-state index contributed by atoms with van der Waals surface area (Å²) in [5.41, 5.74) is 10.8. The first-order valence-corrected chi connectivity index (χ1v) is 5.55. The van der Waals surface area contributed by atoms with Gasteiger partial charge in [0.1, 0.15) is 12.4 Å². The lowest BCUT2D eigenvalue weighted by molar-refractivity contribution is 0.307. The van der Waals surface area contributed by atoms with E-state index in [1.54, 1.807) is 0 Å². The standard InChI is InChI=1S/C15H13NO/c1-10-13-5-3-2-4-11(13)9-17-15-7-6-12(16)8-14(10)15/h2-8H,1,9,16H2. The summed E-state index contributed by atoms with van der Waals surface area (Å²) in [4.78, 5) is 0. The van der Waals surface area contributed by atoms with Gasteiger partial charge in [0.2, 0.25) is 0 Å². The molecule has 0 amide bonds. The van der Waals surface area contributed by atoms with Crippen LogP contribution in [0.5, 0.6) is 5.75 Å². The molecule has 84 valence electrons. The average Bonchev–Trinajstić information content (AvgIpc) is 2.49. The molecule has 0 spiro atoms. The van der Waals surface area contributed by atoms with E-state index in [9.17, 15) is 0 Å². The summed E-state index contributed by atoms with van der Waals surface area (Å²) >= 11 is 0. The molecular formula is C15H13NO. The molecule has 2 aromatic carbocycles. The fourth-order valence-electron chi connectivity index (χ4n) is 2.15. The van der Waals surface area contributed by atoms with E-state index < -0.39 is 0 Å². The summed E-state index contributed by atoms with van der Waals surface area (Å²) < 4.78 is 5.78. The van der Waals surface area contributed by atoms with Crippen LogP contribution in [0, 0.1) is 0 Å². The Morgan fingerprint density at radius 2 is 1.88 bits per heavy atom. The number of anilines is 1. The van der Waals surface area contributed by atoms with Gasteiger partial charge in [0.15, 0.2) is 0 Å². The fraction of sp³-hybridized carbons (Fsp3) is 0.0667. The van der Waals surface area contributed by atoms with E-state index in [-0.39, 0.29) is 0 Å². The zero-order chi connectivity index (χ0) is 11.8. The first kappa shape index (κ1) is 9.97. The molecule has 2 heteroatoms. The number of benzene rings is 2. The Kier molecular flexibility index (Phi) is 2.15. The van der Waals surface area contributed by atoms with Crippen molar-refractivity contribution in [3.63, 3.8) is 0 Å². The second kappa shape index (κ2) is 3.67. The number of nitrogens with two attached hydrogens (primary N) is 1. The SMILES string of the molecule is C=C1c2ccccc2COc2ccc(N)cc21. The Morgan fingerprint density at radius 1 is 1.06 bits per heavy atom. The molecule has 1 aliphatic rings. The summed E-state index contributed by atoms with van der Waals surface area (Å²) in [7, 11) is 0. The van der Waals surface area contributed by atoms with Gasteiger partial charge in [-0.15, -0.1) is 0 Å². The molecule has 0 aromatic heterocycles. The third-order valence-electron chi connectivity index (χ3n) is 3.05. The predicted molar refractivity (Wildman–Crippen MR) is 69.8 cm³/mol. The molecule has 1 heterocycles. The zero-order valence-electron chi connectivity index (χ0n) is 9.44. The van der Waals surface area contributed by atoms with Gasteiger partial charge >= 0.3 is 0 Å². The van der Waals surface area contributed by atoms with Crippen LogP contribution in [0.25, 0.3) is 5.57 Å². The number of ether oxygens (including phenoxy) is 1. The van der Waals surface area contributed by atoms with E-state index >= 15 is 0 Å². The molecule has 0 unspecified atom stereocenters. The van der Waals surface area contributed by atoms with Gasteiger partial charge in [-0.25, -0.2) is 0 Å². The topological polar surface area (TPSA) is 35.2 Å². The lowest BCUT2D eigenvalue weighted by Gasteiger charge is -2.08. The minimum Gasteiger partial charge on any atom is -0.488 e. The first-order valence-electron chi connectivity index (χ1n) is 5.55. The highest BCUT2D eigenvalue weighted by Gasteiger charge is 2.17. The highest BCUT2D eigenvalue weighted by atomic mass is 16.5. The van der Waals surface area contributed by atoms with E-state index in [0.717, 1.165) is 33.7 Å². The monoisotopic (exact) mass is 223 g/mol. The molecule has 1 aliphatic heterocycles. The van der Waals surface area contributed by atoms with E-state index in [2.05, 4.69) is 18.7 Å². The molecule has 0 radical (unpaired) electrons. The molecule has 0 atom stereocenters. The highest BCUT2D eigenvalue weighted by Crippen LogP contribution is 2.36. The van der Waals surface area contributed by atoms with Crippen LogP contribution in [-0.4, -0.2) is 0 Å². The summed E-state index contributed by atoms with van der Waals surface area (Å²) in [5, 5.41) is 0. The van der Waals surface area contributed by atoms with Gasteiger partial charge < -0.3 is 10.5 Å². The van der Waals surface area contributed by atoms with Gasteiger partial charge in [-0.2, -0.15) is 0 Å². The quantitative estimate of drug-likeness (QED) is 0.696. The second-order valence-corrected chi connectivity index (χ2v) is 4.18. The number of fused-ring (bicyclic) bond motifs is 2. The first-order chi connectivity index (χ1) is 8.25. The lowest BCUT2D eigenvalue weighted by atomic mass is 9.96. The average molecular weight is 223 g/mol. The molecule has 2 aromatic rings. The van der Waals surface area contributed by atoms with E-state index in [1.807, 2.05) is 30.3 Å². The summed E-state index contributed by atoms with van der Waals surface area (Å²) in [6.45, 7) is 4.74. The van der Waals surface area contributed by atoms with Crippen LogP contribution in [-0.2, 0) is 6.61 Å². The van der Waals surface area contributed by atoms with E-state index in [4.69, 9.17) is 10.5 Å². The Morgan fingerprint density at radius 3 is 2.76 bits per heavy atom. The van der Waals surface area contributed by atoms with Crippen LogP contribution in [0.3, 0.4) is 0 Å². The summed E-state index contributed by atoms with van der Waals surface area (Å²) in [6, 6.07) is 13.8. The molecule has 3 rings (SSSR count). The maximum absolute atomic E-state index is 5.82. The van der Waals surface area contributed by atoms with Crippen molar-refractivity contribution in [2.24, 2.45) is 0 Å². The van der Waals surface area contributed by atoms with E-state index in [1.165, 1.54) is 0 Å². The van der Waals surface area contributed by atoms with Crippen LogP contribution in [0.1, 0.15) is 16.7 Å². The van der Waals surface area contributed by atoms with Gasteiger partial charge in [-0.3, -0.25) is 0 Å². The lowest BCUT2D eigenvalue weighted by Crippen LogP contribution is -1.95. The molecular weight excluding hydrogens is 210 g/mol. The Hall–Kier alpha value is -2.22. The van der Waals surface area contributed by atoms with Gasteiger partial charge in [0, 0.05) is 11.3 Å². The molecule has 0 aliphatic carbocycles. The van der Waals surface area contributed by atoms with Crippen molar-refractivity contribution in [1.82, 2.24) is 0 Å². The van der Waals surface area contributed by atoms with Crippen LogP contribution in [0.2, 0.25) is 0 Å². The molecule has 0 fully saturated rings. The van der Waals surface area contributed by atoms with E-state index in [0.29, 0.717) is 6.61 Å². The second-order valence-electron chi connectivity index (χ2n) is 4.18. The van der Waals surface area contributed by atoms with Crippen LogP contribution in [0.15, 0.2) is 49.0 Å². The van der Waals surface area contributed by atoms with Gasteiger partial charge in [-0.05, 0) is 34.9 Å². The Bertz CT molecular complexity index is 602. The zero-order valence-corrected chi connectivity index (χ0v) is 9.44. The predicted octanol–water partition coefficient (Wildman–Crippen LogP) is 3.22. The fourth-order valence-corrected chi connectivity index (χ4v) is 2.15. The van der Waals surface area contributed by atoms with Crippen molar-refractivity contribution in [2.45, 2.75) is 6.61 Å². The Balaban J connectivity index is 2.22. The maximum Gasteiger partial charge on any atom is 0.127 e. The normalized spacial score (nSPS) is 13.3. The van der Waals surface area contributed by atoms with Gasteiger partial charge in [0.05, 0.1) is 0 Å². The van der Waals surface area contributed by atoms with Gasteiger partial charge in [0.25, 0.3) is 0 Å². The van der Waals surface area contributed by atoms with Crippen molar-refractivity contribution >= 4 is 11.3 Å². The number of nitrogen functional groups attached to an aromatic ring is 1. The minimum absolute atomic E-state index is 0.576. The summed E-state index contributed by atoms with van der Waals surface area (Å²) in [6.07, 6.45) is 0. The third-order valence-corrected chi connectivity index (χ3v) is 3.05. The molecule has 2 nitrogen and oxygen atoms in total. The van der Waals surface area contributed by atoms with Crippen molar-refractivity contribution < 1.29 is 4.74 Å². The number of rotatable bonds is 0. The van der Waals surface area contributed by atoms with Crippen molar-refractivity contribution in [2.75, 3.05) is 5.73 Å². The van der Waals surface area contributed by atoms with Crippen molar-refractivity contribution in [3.05, 3.63) is 65.7 Å². The Labute approximate surface area is 100 Å². The number of hydrogen-bond acceptors (Lipinski definition) is 2. The summed E-state index contributed by atoms with van der Waals surface area (Å²) in [5.74, 6) is 0.848. The molecule has 0 saturated heterocycles. The van der Waals surface area contributed by atoms with Gasteiger partial charge in [-0.1, -0.05) is 30.8 Å². The van der Waals surface area contributed by atoms with Crippen LogP contribution in [0.4, 0.5) is 5.69 Å². The molecule has 2 N–H and O–H groups in total. The molecule has 17 heavy (non-hydrogen) atoms. The molecule has 0 saturated carbocycles. The maximum atomic E-state index is 5.82. The van der Waals surface area contributed by atoms with Crippen LogP contribution < -0.4 is 10.5 Å². The molecule has 0 bridgehead atoms. The highest BCUT2D eigenvalue weighted by molar-refractivity contribution is 5.84. The number of hydrogen-bond donors (Lipinski definition) is 1. The third kappa shape index (κ3) is 1.58. The minimum atomic E-state index is 0.576. The largest absolute Gasteiger partial charge is 0.488 e. The smallest absolute Gasteiger partial charge is 0.127 e. The van der Waals surface area contributed by atoms with Crippen molar-refractivity contribution in [1.29, 1.82) is 0 Å². The van der Waals surface area contributed by atoms with Crippen molar-refractivity contribution in [3.8, 4) is 5.75 Å².